The minimum absolute atomic E-state index is 0.0868. The van der Waals surface area contributed by atoms with Crippen LogP contribution in [0.1, 0.15) is 24.8 Å². The smallest absolute Gasteiger partial charge is 0.221 e. The van der Waals surface area contributed by atoms with Crippen molar-refractivity contribution < 1.29 is 9.53 Å². The normalized spacial score (nSPS) is 18.4. The highest BCUT2D eigenvalue weighted by molar-refractivity contribution is 5.76. The predicted octanol–water partition coefficient (Wildman–Crippen LogP) is 1.46. The fourth-order valence-corrected chi connectivity index (χ4v) is 2.16. The third kappa shape index (κ3) is 5.41. The number of hydrogen-bond donors (Lipinski definition) is 2. The molecule has 19 heavy (non-hydrogen) atoms. The van der Waals surface area contributed by atoms with Gasteiger partial charge in [0.25, 0.3) is 0 Å². The minimum atomic E-state index is 0.0868. The first kappa shape index (κ1) is 14.0. The second-order valence-corrected chi connectivity index (χ2v) is 4.85. The molecule has 1 aromatic carbocycles. The van der Waals surface area contributed by atoms with Gasteiger partial charge in [0.2, 0.25) is 5.91 Å². The van der Waals surface area contributed by atoms with Crippen LogP contribution in [0.25, 0.3) is 0 Å². The summed E-state index contributed by atoms with van der Waals surface area (Å²) in [5.74, 6) is 0.0868. The third-order valence-electron chi connectivity index (χ3n) is 3.26. The van der Waals surface area contributed by atoms with Gasteiger partial charge in [-0.2, -0.15) is 0 Å². The fourth-order valence-electron chi connectivity index (χ4n) is 2.16. The van der Waals surface area contributed by atoms with Crippen LogP contribution in [-0.2, 0) is 16.1 Å². The van der Waals surface area contributed by atoms with Gasteiger partial charge in [-0.15, -0.1) is 0 Å². The van der Waals surface area contributed by atoms with Crippen LogP contribution in [0.2, 0.25) is 0 Å². The van der Waals surface area contributed by atoms with E-state index in [0.29, 0.717) is 25.6 Å². The van der Waals surface area contributed by atoms with Gasteiger partial charge in [-0.3, -0.25) is 4.79 Å². The molecule has 0 saturated carbocycles. The van der Waals surface area contributed by atoms with E-state index >= 15 is 0 Å². The summed E-state index contributed by atoms with van der Waals surface area (Å²) in [6, 6.07) is 9.95. The summed E-state index contributed by atoms with van der Waals surface area (Å²) in [4.78, 5) is 11.6. The Bertz CT molecular complexity index is 375. The molecule has 2 rings (SSSR count). The summed E-state index contributed by atoms with van der Waals surface area (Å²) in [6.45, 7) is 3.04. The lowest BCUT2D eigenvalue weighted by Crippen LogP contribution is -2.31. The molecule has 0 bridgehead atoms. The molecule has 1 aliphatic rings. The number of carbonyl (C=O) groups excluding carboxylic acids is 1. The van der Waals surface area contributed by atoms with Gasteiger partial charge in [-0.1, -0.05) is 30.3 Å². The van der Waals surface area contributed by atoms with Crippen LogP contribution in [0, 0.1) is 0 Å². The molecule has 1 heterocycles. The number of rotatable bonds is 7. The molecular formula is C15H22N2O2. The van der Waals surface area contributed by atoms with E-state index in [4.69, 9.17) is 4.74 Å². The number of hydrogen-bond acceptors (Lipinski definition) is 3. The SMILES string of the molecule is O=C(CCNCC1CCCO1)NCc1ccccc1. The zero-order chi connectivity index (χ0) is 13.3. The molecule has 0 spiro atoms. The van der Waals surface area contributed by atoms with Crippen molar-refractivity contribution >= 4 is 5.91 Å². The van der Waals surface area contributed by atoms with Gasteiger partial charge in [0.1, 0.15) is 0 Å². The first-order valence-corrected chi connectivity index (χ1v) is 6.97. The highest BCUT2D eigenvalue weighted by Crippen LogP contribution is 2.10. The molecule has 104 valence electrons. The van der Waals surface area contributed by atoms with Gasteiger partial charge in [0, 0.05) is 32.7 Å². The van der Waals surface area contributed by atoms with E-state index in [2.05, 4.69) is 10.6 Å². The van der Waals surface area contributed by atoms with Crippen molar-refractivity contribution in [1.29, 1.82) is 0 Å². The second kappa shape index (κ2) is 7.92. The van der Waals surface area contributed by atoms with Gasteiger partial charge in [0.05, 0.1) is 6.10 Å². The molecule has 2 N–H and O–H groups in total. The number of amides is 1. The van der Waals surface area contributed by atoms with Gasteiger partial charge in [-0.05, 0) is 18.4 Å². The predicted molar refractivity (Wildman–Crippen MR) is 74.7 cm³/mol. The van der Waals surface area contributed by atoms with Crippen LogP contribution >= 0.6 is 0 Å². The molecule has 1 unspecified atom stereocenters. The van der Waals surface area contributed by atoms with E-state index in [9.17, 15) is 4.79 Å². The summed E-state index contributed by atoms with van der Waals surface area (Å²) >= 11 is 0. The van der Waals surface area contributed by atoms with Crippen molar-refractivity contribution in [2.75, 3.05) is 19.7 Å². The van der Waals surface area contributed by atoms with E-state index in [0.717, 1.165) is 31.6 Å². The maximum absolute atomic E-state index is 11.6. The molecule has 1 saturated heterocycles. The second-order valence-electron chi connectivity index (χ2n) is 4.85. The van der Waals surface area contributed by atoms with Crippen molar-refractivity contribution in [2.24, 2.45) is 0 Å². The summed E-state index contributed by atoms with van der Waals surface area (Å²) < 4.78 is 5.50. The van der Waals surface area contributed by atoms with Crippen LogP contribution in [0.5, 0.6) is 0 Å². The van der Waals surface area contributed by atoms with Crippen LogP contribution < -0.4 is 10.6 Å². The summed E-state index contributed by atoms with van der Waals surface area (Å²) in [6.07, 6.45) is 3.14. The monoisotopic (exact) mass is 262 g/mol. The molecule has 1 fully saturated rings. The van der Waals surface area contributed by atoms with Crippen molar-refractivity contribution in [3.05, 3.63) is 35.9 Å². The standard InChI is InChI=1S/C15H22N2O2/c18-15(17-11-13-5-2-1-3-6-13)8-9-16-12-14-7-4-10-19-14/h1-3,5-6,14,16H,4,7-12H2,(H,17,18). The molecule has 1 aliphatic heterocycles. The van der Waals surface area contributed by atoms with Crippen LogP contribution in [0.15, 0.2) is 30.3 Å². The summed E-state index contributed by atoms with van der Waals surface area (Å²) in [5.41, 5.74) is 1.13. The molecule has 0 radical (unpaired) electrons. The molecule has 1 amide bonds. The maximum atomic E-state index is 11.6. The first-order valence-electron chi connectivity index (χ1n) is 6.97. The molecule has 1 aromatic rings. The summed E-state index contributed by atoms with van der Waals surface area (Å²) in [5, 5.41) is 6.19. The van der Waals surface area contributed by atoms with Crippen LogP contribution in [0.3, 0.4) is 0 Å². The minimum Gasteiger partial charge on any atom is -0.377 e. The highest BCUT2D eigenvalue weighted by atomic mass is 16.5. The Labute approximate surface area is 114 Å². The molecule has 4 heteroatoms. The van der Waals surface area contributed by atoms with Gasteiger partial charge in [0.15, 0.2) is 0 Å². The third-order valence-corrected chi connectivity index (χ3v) is 3.26. The average molecular weight is 262 g/mol. The molecule has 0 aliphatic carbocycles. The molecular weight excluding hydrogens is 240 g/mol. The van der Waals surface area contributed by atoms with Gasteiger partial charge >= 0.3 is 0 Å². The lowest BCUT2D eigenvalue weighted by atomic mass is 10.2. The van der Waals surface area contributed by atoms with E-state index in [1.54, 1.807) is 0 Å². The number of ether oxygens (including phenoxy) is 1. The van der Waals surface area contributed by atoms with E-state index in [1.165, 1.54) is 0 Å². The Kier molecular flexibility index (Phi) is 5.85. The lowest BCUT2D eigenvalue weighted by molar-refractivity contribution is -0.121. The zero-order valence-corrected chi connectivity index (χ0v) is 11.2. The molecule has 0 aromatic heterocycles. The Morgan fingerprint density at radius 1 is 1.32 bits per heavy atom. The van der Waals surface area contributed by atoms with E-state index in [1.807, 2.05) is 30.3 Å². The first-order chi connectivity index (χ1) is 9.34. The number of nitrogens with one attached hydrogen (secondary N) is 2. The van der Waals surface area contributed by atoms with Crippen molar-refractivity contribution in [3.8, 4) is 0 Å². The van der Waals surface area contributed by atoms with Crippen molar-refractivity contribution in [3.63, 3.8) is 0 Å². The molecule has 1 atom stereocenters. The van der Waals surface area contributed by atoms with E-state index < -0.39 is 0 Å². The lowest BCUT2D eigenvalue weighted by Gasteiger charge is -2.10. The van der Waals surface area contributed by atoms with Crippen molar-refractivity contribution in [1.82, 2.24) is 10.6 Å². The van der Waals surface area contributed by atoms with Crippen LogP contribution in [0.4, 0.5) is 0 Å². The highest BCUT2D eigenvalue weighted by Gasteiger charge is 2.14. The van der Waals surface area contributed by atoms with Crippen LogP contribution in [-0.4, -0.2) is 31.7 Å². The topological polar surface area (TPSA) is 50.4 Å². The largest absolute Gasteiger partial charge is 0.377 e. The Morgan fingerprint density at radius 3 is 2.89 bits per heavy atom. The zero-order valence-electron chi connectivity index (χ0n) is 11.2. The van der Waals surface area contributed by atoms with Crippen molar-refractivity contribution in [2.45, 2.75) is 31.9 Å². The Balaban J connectivity index is 1.52. The van der Waals surface area contributed by atoms with Gasteiger partial charge in [-0.25, -0.2) is 0 Å². The number of carbonyl (C=O) groups is 1. The Hall–Kier alpha value is -1.39. The average Bonchev–Trinajstić information content (AvgIpc) is 2.96. The van der Waals surface area contributed by atoms with E-state index in [-0.39, 0.29) is 5.91 Å². The van der Waals surface area contributed by atoms with Gasteiger partial charge < -0.3 is 15.4 Å². The number of benzene rings is 1. The fraction of sp³-hybridized carbons (Fsp3) is 0.533. The quantitative estimate of drug-likeness (QED) is 0.732. The Morgan fingerprint density at radius 2 is 2.16 bits per heavy atom. The maximum Gasteiger partial charge on any atom is 0.221 e. The summed E-state index contributed by atoms with van der Waals surface area (Å²) in [7, 11) is 0. The molecule has 4 nitrogen and oxygen atoms in total.